The van der Waals surface area contributed by atoms with Crippen LogP contribution in [0.1, 0.15) is 46.7 Å². The molecule has 1 aliphatic rings. The minimum atomic E-state index is -0.440. The highest BCUT2D eigenvalue weighted by Crippen LogP contribution is 2.21. The number of aromatic nitrogens is 1. The first-order chi connectivity index (χ1) is 16.1. The van der Waals surface area contributed by atoms with Crippen molar-refractivity contribution >= 4 is 23.2 Å². The fraction of sp³-hybridized carbons (Fsp3) is 0.320. The molecule has 0 saturated heterocycles. The number of benzene rings is 2. The molecule has 0 spiro atoms. The van der Waals surface area contributed by atoms with Gasteiger partial charge in [0.1, 0.15) is 17.3 Å². The molecule has 3 aromatic rings. The van der Waals surface area contributed by atoms with Crippen LogP contribution in [0.2, 0.25) is 0 Å². The SMILES string of the molecule is O=C(Cc1ccccc1)NC1CCCCC1NC(=O)c1csc(COc2ccccc2F)n1. The molecule has 33 heavy (non-hydrogen) atoms. The van der Waals surface area contributed by atoms with Crippen molar-refractivity contribution in [3.05, 3.63) is 82.1 Å². The Morgan fingerprint density at radius 2 is 1.70 bits per heavy atom. The van der Waals surface area contributed by atoms with Crippen molar-refractivity contribution in [1.82, 2.24) is 15.6 Å². The molecule has 1 aliphatic carbocycles. The number of carbonyl (C=O) groups excluding carboxylic acids is 2. The number of amides is 2. The molecule has 2 atom stereocenters. The van der Waals surface area contributed by atoms with Crippen LogP contribution in [0.3, 0.4) is 0 Å². The van der Waals surface area contributed by atoms with Gasteiger partial charge in [-0.1, -0.05) is 55.3 Å². The molecule has 6 nitrogen and oxygen atoms in total. The molecule has 1 saturated carbocycles. The third-order valence-corrected chi connectivity index (χ3v) is 6.43. The number of carbonyl (C=O) groups is 2. The summed E-state index contributed by atoms with van der Waals surface area (Å²) >= 11 is 1.29. The van der Waals surface area contributed by atoms with Crippen molar-refractivity contribution < 1.29 is 18.7 Å². The van der Waals surface area contributed by atoms with Crippen LogP contribution in [0.15, 0.2) is 60.0 Å². The summed E-state index contributed by atoms with van der Waals surface area (Å²) in [6.07, 6.45) is 3.95. The number of thiazole rings is 1. The van der Waals surface area contributed by atoms with Crippen LogP contribution >= 0.6 is 11.3 Å². The summed E-state index contributed by atoms with van der Waals surface area (Å²) in [5.41, 5.74) is 1.26. The molecule has 2 aromatic carbocycles. The number of nitrogens with one attached hydrogen (secondary N) is 2. The Morgan fingerprint density at radius 3 is 2.45 bits per heavy atom. The number of hydrogen-bond donors (Lipinski definition) is 2. The molecule has 4 rings (SSSR count). The van der Waals surface area contributed by atoms with E-state index in [1.807, 2.05) is 30.3 Å². The Morgan fingerprint density at radius 1 is 1.00 bits per heavy atom. The molecule has 1 aromatic heterocycles. The standard InChI is InChI=1S/C25H26FN3O3S/c26-18-10-4-7-13-22(18)32-15-24-28-21(16-33-24)25(31)29-20-12-6-5-11-19(20)27-23(30)14-17-8-2-1-3-9-17/h1-4,7-10,13,16,19-20H,5-6,11-12,14-15H2,(H,27,30)(H,29,31). The van der Waals surface area contributed by atoms with Crippen LogP contribution in [-0.2, 0) is 17.8 Å². The summed E-state index contributed by atoms with van der Waals surface area (Å²) in [7, 11) is 0. The summed E-state index contributed by atoms with van der Waals surface area (Å²) in [4.78, 5) is 29.7. The van der Waals surface area contributed by atoms with E-state index in [1.54, 1.807) is 23.6 Å². The van der Waals surface area contributed by atoms with Gasteiger partial charge in [0, 0.05) is 17.5 Å². The molecule has 1 heterocycles. The third kappa shape index (κ3) is 6.38. The van der Waals surface area contributed by atoms with Gasteiger partial charge in [-0.3, -0.25) is 9.59 Å². The zero-order valence-electron chi connectivity index (χ0n) is 18.1. The van der Waals surface area contributed by atoms with Crippen LogP contribution in [0.5, 0.6) is 5.75 Å². The average Bonchev–Trinajstić information content (AvgIpc) is 3.30. The quantitative estimate of drug-likeness (QED) is 0.519. The van der Waals surface area contributed by atoms with Gasteiger partial charge < -0.3 is 15.4 Å². The molecule has 0 radical (unpaired) electrons. The maximum Gasteiger partial charge on any atom is 0.271 e. The number of halogens is 1. The topological polar surface area (TPSA) is 80.3 Å². The Balaban J connectivity index is 1.31. The van der Waals surface area contributed by atoms with E-state index >= 15 is 0 Å². The van der Waals surface area contributed by atoms with Gasteiger partial charge in [-0.05, 0) is 30.5 Å². The van der Waals surface area contributed by atoms with E-state index in [9.17, 15) is 14.0 Å². The second-order valence-electron chi connectivity index (χ2n) is 8.05. The van der Waals surface area contributed by atoms with Crippen molar-refractivity contribution in [3.63, 3.8) is 0 Å². The lowest BCUT2D eigenvalue weighted by atomic mass is 9.90. The largest absolute Gasteiger partial charge is 0.483 e. The Hall–Kier alpha value is -3.26. The van der Waals surface area contributed by atoms with Gasteiger partial charge in [0.25, 0.3) is 5.91 Å². The molecule has 0 bridgehead atoms. The predicted molar refractivity (Wildman–Crippen MR) is 125 cm³/mol. The number of nitrogens with zero attached hydrogens (tertiary/aromatic N) is 1. The lowest BCUT2D eigenvalue weighted by Gasteiger charge is -2.32. The minimum Gasteiger partial charge on any atom is -0.483 e. The fourth-order valence-electron chi connectivity index (χ4n) is 3.94. The number of hydrogen-bond acceptors (Lipinski definition) is 5. The molecular weight excluding hydrogens is 441 g/mol. The van der Waals surface area contributed by atoms with E-state index < -0.39 is 5.82 Å². The lowest BCUT2D eigenvalue weighted by Crippen LogP contribution is -2.53. The summed E-state index contributed by atoms with van der Waals surface area (Å²) in [6.45, 7) is 0.0838. The van der Waals surface area contributed by atoms with Crippen LogP contribution in [0.4, 0.5) is 4.39 Å². The van der Waals surface area contributed by atoms with E-state index in [-0.39, 0.29) is 36.3 Å². The van der Waals surface area contributed by atoms with Gasteiger partial charge in [-0.25, -0.2) is 9.37 Å². The number of rotatable bonds is 8. The van der Waals surface area contributed by atoms with Crippen molar-refractivity contribution in [3.8, 4) is 5.75 Å². The summed E-state index contributed by atoms with van der Waals surface area (Å²) in [6, 6.07) is 15.5. The maximum absolute atomic E-state index is 13.7. The summed E-state index contributed by atoms with van der Waals surface area (Å²) in [5.74, 6) is -0.620. The zero-order valence-corrected chi connectivity index (χ0v) is 18.9. The Bertz CT molecular complexity index is 1090. The maximum atomic E-state index is 13.7. The molecule has 172 valence electrons. The van der Waals surface area contributed by atoms with E-state index in [4.69, 9.17) is 4.74 Å². The average molecular weight is 468 g/mol. The van der Waals surface area contributed by atoms with Gasteiger partial charge in [-0.2, -0.15) is 0 Å². The highest BCUT2D eigenvalue weighted by Gasteiger charge is 2.28. The normalized spacial score (nSPS) is 17.8. The third-order valence-electron chi connectivity index (χ3n) is 5.61. The smallest absolute Gasteiger partial charge is 0.271 e. The highest BCUT2D eigenvalue weighted by molar-refractivity contribution is 7.09. The van der Waals surface area contributed by atoms with Crippen molar-refractivity contribution in [2.45, 2.75) is 50.8 Å². The first kappa shape index (κ1) is 22.9. The van der Waals surface area contributed by atoms with Crippen LogP contribution in [-0.4, -0.2) is 28.9 Å². The zero-order chi connectivity index (χ0) is 23.0. The van der Waals surface area contributed by atoms with Crippen LogP contribution < -0.4 is 15.4 Å². The second-order valence-corrected chi connectivity index (χ2v) is 8.99. The summed E-state index contributed by atoms with van der Waals surface area (Å²) < 4.78 is 19.2. The van der Waals surface area contributed by atoms with Gasteiger partial charge >= 0.3 is 0 Å². The molecule has 1 fully saturated rings. The molecule has 2 unspecified atom stereocenters. The summed E-state index contributed by atoms with van der Waals surface area (Å²) in [5, 5.41) is 8.39. The van der Waals surface area contributed by atoms with Crippen molar-refractivity contribution in [2.24, 2.45) is 0 Å². The minimum absolute atomic E-state index is 0.0476. The van der Waals surface area contributed by atoms with E-state index in [1.165, 1.54) is 17.4 Å². The fourth-order valence-corrected chi connectivity index (χ4v) is 4.63. The van der Waals surface area contributed by atoms with Crippen molar-refractivity contribution in [1.29, 1.82) is 0 Å². The lowest BCUT2D eigenvalue weighted by molar-refractivity contribution is -0.121. The number of ether oxygens (including phenoxy) is 1. The van der Waals surface area contributed by atoms with Crippen LogP contribution in [0, 0.1) is 5.82 Å². The van der Waals surface area contributed by atoms with Gasteiger partial charge in [-0.15, -0.1) is 11.3 Å². The van der Waals surface area contributed by atoms with E-state index in [0.717, 1.165) is 31.2 Å². The number of para-hydroxylation sites is 1. The van der Waals surface area contributed by atoms with Gasteiger partial charge in [0.05, 0.1) is 6.42 Å². The molecule has 2 amide bonds. The first-order valence-corrected chi connectivity index (χ1v) is 11.9. The Kier molecular flexibility index (Phi) is 7.67. The molecular formula is C25H26FN3O3S. The molecule has 2 N–H and O–H groups in total. The monoisotopic (exact) mass is 467 g/mol. The van der Waals surface area contributed by atoms with Gasteiger partial charge in [0.15, 0.2) is 11.6 Å². The van der Waals surface area contributed by atoms with Crippen LogP contribution in [0.25, 0.3) is 0 Å². The van der Waals surface area contributed by atoms with Gasteiger partial charge in [0.2, 0.25) is 5.91 Å². The van der Waals surface area contributed by atoms with E-state index in [0.29, 0.717) is 17.1 Å². The second kappa shape index (κ2) is 11.0. The van der Waals surface area contributed by atoms with E-state index in [2.05, 4.69) is 15.6 Å². The Labute approximate surface area is 196 Å². The molecule has 8 heteroatoms. The highest BCUT2D eigenvalue weighted by atomic mass is 32.1. The molecule has 0 aliphatic heterocycles. The first-order valence-electron chi connectivity index (χ1n) is 11.0. The van der Waals surface area contributed by atoms with Crippen molar-refractivity contribution in [2.75, 3.05) is 0 Å². The predicted octanol–water partition coefficient (Wildman–Crippen LogP) is 4.26.